The number of nitrogens with zero attached hydrogens (tertiary/aromatic N) is 1. The maximum atomic E-state index is 12.2. The lowest BCUT2D eigenvalue weighted by molar-refractivity contribution is 0.0420. The number of benzene rings is 2. The summed E-state index contributed by atoms with van der Waals surface area (Å²) in [5, 5.41) is 0. The number of nitrogens with two attached hydrogens (primary N) is 2. The van der Waals surface area contributed by atoms with Gasteiger partial charge in [0.05, 0.1) is 23.2 Å². The minimum absolute atomic E-state index is 0.0209. The Labute approximate surface area is 137 Å². The second kappa shape index (κ2) is 6.04. The van der Waals surface area contributed by atoms with Gasteiger partial charge in [-0.05, 0) is 42.5 Å². The molecule has 0 unspecified atom stereocenters. The van der Waals surface area contributed by atoms with E-state index < -0.39 is 17.8 Å². The summed E-state index contributed by atoms with van der Waals surface area (Å²) < 4.78 is 5.10. The van der Waals surface area contributed by atoms with Crippen molar-refractivity contribution in [2.75, 3.05) is 24.6 Å². The molecule has 7 nitrogen and oxygen atoms in total. The Hall–Kier alpha value is -3.35. The number of ether oxygens (including phenoxy) is 1. The summed E-state index contributed by atoms with van der Waals surface area (Å²) >= 11 is 0. The summed E-state index contributed by atoms with van der Waals surface area (Å²) in [5.41, 5.74) is 13.1. The number of hydrogen-bond donors (Lipinski definition) is 2. The molecule has 0 radical (unpaired) electrons. The highest BCUT2D eigenvalue weighted by Gasteiger charge is 2.35. The van der Waals surface area contributed by atoms with E-state index in [-0.39, 0.29) is 18.7 Å². The number of fused-ring (bicyclic) bond motifs is 1. The summed E-state index contributed by atoms with van der Waals surface area (Å²) in [6.07, 6.45) is 0. The molecule has 2 aromatic rings. The van der Waals surface area contributed by atoms with E-state index in [1.165, 1.54) is 12.1 Å². The largest absolute Gasteiger partial charge is 0.460 e. The fraction of sp³-hybridized carbons (Fsp3) is 0.118. The van der Waals surface area contributed by atoms with Crippen molar-refractivity contribution in [3.05, 3.63) is 59.2 Å². The van der Waals surface area contributed by atoms with Crippen molar-refractivity contribution < 1.29 is 19.1 Å². The summed E-state index contributed by atoms with van der Waals surface area (Å²) in [4.78, 5) is 37.4. The van der Waals surface area contributed by atoms with Crippen LogP contribution in [0.1, 0.15) is 31.1 Å². The lowest BCUT2D eigenvalue weighted by Gasteiger charge is -2.13. The number of rotatable bonds is 4. The Bertz CT molecular complexity index is 830. The Balaban J connectivity index is 1.62. The van der Waals surface area contributed by atoms with E-state index in [9.17, 15) is 14.4 Å². The Morgan fingerprint density at radius 2 is 1.54 bits per heavy atom. The van der Waals surface area contributed by atoms with Gasteiger partial charge in [-0.2, -0.15) is 0 Å². The van der Waals surface area contributed by atoms with Gasteiger partial charge < -0.3 is 16.2 Å². The third-order valence-corrected chi connectivity index (χ3v) is 3.69. The lowest BCUT2D eigenvalue weighted by Crippen LogP contribution is -2.33. The first-order chi connectivity index (χ1) is 11.5. The second-order valence-electron chi connectivity index (χ2n) is 5.32. The Kier molecular flexibility index (Phi) is 3.91. The molecule has 2 aromatic carbocycles. The minimum atomic E-state index is -0.546. The number of imide groups is 1. The highest BCUT2D eigenvalue weighted by Crippen LogP contribution is 2.24. The van der Waals surface area contributed by atoms with Crippen LogP contribution in [0.2, 0.25) is 0 Å². The molecule has 0 saturated heterocycles. The van der Waals surface area contributed by atoms with Gasteiger partial charge in [-0.25, -0.2) is 4.79 Å². The van der Waals surface area contributed by atoms with E-state index in [4.69, 9.17) is 16.2 Å². The molecular formula is C17H15N3O4. The highest BCUT2D eigenvalue weighted by atomic mass is 16.5. The Morgan fingerprint density at radius 3 is 2.25 bits per heavy atom. The number of carbonyl (C=O) groups is 3. The van der Waals surface area contributed by atoms with Crippen LogP contribution in [-0.4, -0.2) is 35.8 Å². The number of carbonyl (C=O) groups excluding carboxylic acids is 3. The number of hydrogen-bond acceptors (Lipinski definition) is 6. The van der Waals surface area contributed by atoms with Gasteiger partial charge in [0.2, 0.25) is 0 Å². The van der Waals surface area contributed by atoms with Crippen LogP contribution in [0.3, 0.4) is 0 Å². The molecule has 7 heteroatoms. The third kappa shape index (κ3) is 2.79. The third-order valence-electron chi connectivity index (χ3n) is 3.69. The van der Waals surface area contributed by atoms with Gasteiger partial charge in [-0.3, -0.25) is 14.5 Å². The molecular weight excluding hydrogens is 310 g/mol. The summed E-state index contributed by atoms with van der Waals surface area (Å²) in [6.45, 7) is -0.114. The second-order valence-corrected chi connectivity index (χ2v) is 5.32. The molecule has 24 heavy (non-hydrogen) atoms. The van der Waals surface area contributed by atoms with Gasteiger partial charge in [0.15, 0.2) is 0 Å². The first-order valence-corrected chi connectivity index (χ1v) is 7.26. The van der Waals surface area contributed by atoms with Gasteiger partial charge in [0, 0.05) is 11.4 Å². The van der Waals surface area contributed by atoms with Gasteiger partial charge in [0.1, 0.15) is 6.61 Å². The van der Waals surface area contributed by atoms with Crippen molar-refractivity contribution in [1.29, 1.82) is 0 Å². The van der Waals surface area contributed by atoms with E-state index in [0.717, 1.165) is 4.90 Å². The molecule has 1 heterocycles. The van der Waals surface area contributed by atoms with Crippen LogP contribution in [-0.2, 0) is 4.74 Å². The maximum absolute atomic E-state index is 12.2. The molecule has 0 atom stereocenters. The van der Waals surface area contributed by atoms with Crippen LogP contribution in [0, 0.1) is 0 Å². The number of amides is 2. The maximum Gasteiger partial charge on any atom is 0.338 e. The number of anilines is 2. The van der Waals surface area contributed by atoms with Gasteiger partial charge >= 0.3 is 5.97 Å². The van der Waals surface area contributed by atoms with Crippen molar-refractivity contribution in [3.8, 4) is 0 Å². The fourth-order valence-electron chi connectivity index (χ4n) is 2.44. The quantitative estimate of drug-likeness (QED) is 0.497. The van der Waals surface area contributed by atoms with Crippen molar-refractivity contribution in [1.82, 2.24) is 4.90 Å². The molecule has 0 spiro atoms. The van der Waals surface area contributed by atoms with Crippen molar-refractivity contribution in [3.63, 3.8) is 0 Å². The molecule has 122 valence electrons. The van der Waals surface area contributed by atoms with Crippen LogP contribution in [0.25, 0.3) is 0 Å². The van der Waals surface area contributed by atoms with Crippen LogP contribution in [0.15, 0.2) is 42.5 Å². The van der Waals surface area contributed by atoms with E-state index in [0.29, 0.717) is 22.5 Å². The molecule has 0 saturated carbocycles. The molecule has 0 fully saturated rings. The zero-order chi connectivity index (χ0) is 17.3. The molecule has 1 aliphatic heterocycles. The smallest absolute Gasteiger partial charge is 0.338 e. The average molecular weight is 325 g/mol. The highest BCUT2D eigenvalue weighted by molar-refractivity contribution is 6.21. The molecule has 1 aliphatic rings. The van der Waals surface area contributed by atoms with E-state index >= 15 is 0 Å². The Morgan fingerprint density at radius 1 is 0.917 bits per heavy atom. The average Bonchev–Trinajstić information content (AvgIpc) is 2.79. The fourth-order valence-corrected chi connectivity index (χ4v) is 2.44. The molecule has 2 amide bonds. The summed E-state index contributed by atoms with van der Waals surface area (Å²) in [5.74, 6) is -1.40. The van der Waals surface area contributed by atoms with Crippen LogP contribution < -0.4 is 11.5 Å². The van der Waals surface area contributed by atoms with E-state index in [1.54, 1.807) is 30.3 Å². The SMILES string of the molecule is Nc1ccc(C(=O)OCCN2C(=O)c3ccc(N)cc3C2=O)cc1. The zero-order valence-electron chi connectivity index (χ0n) is 12.7. The zero-order valence-corrected chi connectivity index (χ0v) is 12.7. The minimum Gasteiger partial charge on any atom is -0.460 e. The number of esters is 1. The molecule has 4 N–H and O–H groups in total. The van der Waals surface area contributed by atoms with Crippen molar-refractivity contribution >= 4 is 29.2 Å². The lowest BCUT2D eigenvalue weighted by atomic mass is 10.1. The molecule has 3 rings (SSSR count). The monoisotopic (exact) mass is 325 g/mol. The first kappa shape index (κ1) is 15.5. The van der Waals surface area contributed by atoms with Crippen LogP contribution in [0.4, 0.5) is 11.4 Å². The van der Waals surface area contributed by atoms with Crippen LogP contribution in [0.5, 0.6) is 0 Å². The van der Waals surface area contributed by atoms with Gasteiger partial charge in [-0.1, -0.05) is 0 Å². The molecule has 0 aliphatic carbocycles. The van der Waals surface area contributed by atoms with E-state index in [1.807, 2.05) is 0 Å². The topological polar surface area (TPSA) is 116 Å². The normalized spacial score (nSPS) is 13.1. The standard InChI is InChI=1S/C17H15N3O4/c18-11-3-1-10(2-4-11)17(23)24-8-7-20-15(21)13-6-5-12(19)9-14(13)16(20)22/h1-6,9H,7-8,18-19H2. The predicted octanol–water partition coefficient (Wildman–Crippen LogP) is 1.30. The van der Waals surface area contributed by atoms with Gasteiger partial charge in [-0.15, -0.1) is 0 Å². The molecule has 0 aromatic heterocycles. The molecule has 0 bridgehead atoms. The number of nitrogen functional groups attached to an aromatic ring is 2. The summed E-state index contributed by atoms with van der Waals surface area (Å²) in [7, 11) is 0. The van der Waals surface area contributed by atoms with Gasteiger partial charge in [0.25, 0.3) is 11.8 Å². The van der Waals surface area contributed by atoms with Crippen molar-refractivity contribution in [2.45, 2.75) is 0 Å². The van der Waals surface area contributed by atoms with Crippen LogP contribution >= 0.6 is 0 Å². The predicted molar refractivity (Wildman–Crippen MR) is 87.4 cm³/mol. The summed E-state index contributed by atoms with van der Waals surface area (Å²) in [6, 6.07) is 10.8. The van der Waals surface area contributed by atoms with E-state index in [2.05, 4.69) is 0 Å². The van der Waals surface area contributed by atoms with Crippen molar-refractivity contribution in [2.24, 2.45) is 0 Å². The first-order valence-electron chi connectivity index (χ1n) is 7.26.